The number of aryl methyl sites for hydroxylation is 1. The van der Waals surface area contributed by atoms with Crippen molar-refractivity contribution in [3.05, 3.63) is 29.6 Å². The van der Waals surface area contributed by atoms with Crippen molar-refractivity contribution in [2.24, 2.45) is 5.92 Å². The van der Waals surface area contributed by atoms with Gasteiger partial charge in [-0.1, -0.05) is 6.07 Å². The summed E-state index contributed by atoms with van der Waals surface area (Å²) >= 11 is 0. The largest absolute Gasteiger partial charge is 0.369 e. The fourth-order valence-corrected chi connectivity index (χ4v) is 4.57. The molecule has 1 aromatic rings. The molecule has 1 aromatic carbocycles. The molecule has 2 fully saturated rings. The molecule has 29 heavy (non-hydrogen) atoms. The van der Waals surface area contributed by atoms with Crippen LogP contribution in [0.3, 0.4) is 0 Å². The molecule has 1 saturated carbocycles. The Balaban J connectivity index is 1.34. The van der Waals surface area contributed by atoms with Gasteiger partial charge in [-0.05, 0) is 69.2 Å². The molecule has 0 unspecified atom stereocenters. The van der Waals surface area contributed by atoms with Crippen molar-refractivity contribution in [1.82, 2.24) is 10.2 Å². The molecule has 1 N–H and O–H groups in total. The summed E-state index contributed by atoms with van der Waals surface area (Å²) in [6, 6.07) is 7.36. The topological polar surface area (TPSA) is 59.4 Å². The molecule has 1 amide bonds. The Labute approximate surface area is 173 Å². The number of nitrogens with one attached hydrogen (secondary N) is 1. The summed E-state index contributed by atoms with van der Waals surface area (Å²) in [5.74, 6) is 0.594. The molecule has 2 aliphatic rings. The third-order valence-electron chi connectivity index (χ3n) is 6.41. The Morgan fingerprint density at radius 3 is 2.62 bits per heavy atom. The number of benzene rings is 1. The van der Waals surface area contributed by atoms with Gasteiger partial charge in [-0.2, -0.15) is 5.26 Å². The lowest BCUT2D eigenvalue weighted by atomic mass is 9.84. The second kappa shape index (κ2) is 10.6. The van der Waals surface area contributed by atoms with Crippen LogP contribution in [0.1, 0.15) is 50.5 Å². The van der Waals surface area contributed by atoms with E-state index in [-0.39, 0.29) is 17.8 Å². The average Bonchev–Trinajstić information content (AvgIpc) is 2.74. The molecule has 158 valence electrons. The van der Waals surface area contributed by atoms with E-state index >= 15 is 0 Å². The zero-order valence-corrected chi connectivity index (χ0v) is 17.5. The van der Waals surface area contributed by atoms with Crippen LogP contribution < -0.4 is 10.2 Å². The van der Waals surface area contributed by atoms with Gasteiger partial charge in [-0.15, -0.1) is 0 Å². The minimum atomic E-state index is -0.162. The number of nitriles is 1. The molecule has 0 aromatic heterocycles. The van der Waals surface area contributed by atoms with E-state index in [0.717, 1.165) is 62.7 Å². The van der Waals surface area contributed by atoms with Gasteiger partial charge in [0.15, 0.2) is 0 Å². The molecule has 1 aliphatic heterocycles. The lowest BCUT2D eigenvalue weighted by Gasteiger charge is -2.38. The van der Waals surface area contributed by atoms with Crippen molar-refractivity contribution in [1.29, 1.82) is 5.26 Å². The maximum absolute atomic E-state index is 13.6. The molecular weight excluding hydrogens is 367 g/mol. The van der Waals surface area contributed by atoms with Crippen LogP contribution in [-0.4, -0.2) is 49.6 Å². The zero-order chi connectivity index (χ0) is 20.6. The molecule has 1 saturated heterocycles. The number of rotatable bonds is 7. The van der Waals surface area contributed by atoms with E-state index in [9.17, 15) is 9.18 Å². The van der Waals surface area contributed by atoms with Crippen LogP contribution in [-0.2, 0) is 4.79 Å². The van der Waals surface area contributed by atoms with E-state index in [1.54, 1.807) is 6.07 Å². The van der Waals surface area contributed by atoms with E-state index in [4.69, 9.17) is 5.26 Å². The van der Waals surface area contributed by atoms with Crippen molar-refractivity contribution in [2.45, 2.75) is 57.9 Å². The first-order valence-corrected chi connectivity index (χ1v) is 10.9. The predicted molar refractivity (Wildman–Crippen MR) is 113 cm³/mol. The Kier molecular flexibility index (Phi) is 7.88. The van der Waals surface area contributed by atoms with Crippen LogP contribution in [0.2, 0.25) is 0 Å². The second-order valence-corrected chi connectivity index (χ2v) is 8.49. The van der Waals surface area contributed by atoms with Crippen LogP contribution in [0.4, 0.5) is 10.1 Å². The summed E-state index contributed by atoms with van der Waals surface area (Å²) in [5, 5.41) is 11.6. The summed E-state index contributed by atoms with van der Waals surface area (Å²) < 4.78 is 13.6. The molecule has 0 radical (unpaired) electrons. The highest BCUT2D eigenvalue weighted by atomic mass is 19.1. The van der Waals surface area contributed by atoms with Gasteiger partial charge >= 0.3 is 0 Å². The Morgan fingerprint density at radius 1 is 1.21 bits per heavy atom. The number of hydrogen-bond donors (Lipinski definition) is 1. The highest BCUT2D eigenvalue weighted by Gasteiger charge is 2.24. The lowest BCUT2D eigenvalue weighted by Crippen LogP contribution is -2.47. The first-order valence-electron chi connectivity index (χ1n) is 10.9. The van der Waals surface area contributed by atoms with Crippen molar-refractivity contribution in [2.75, 3.05) is 37.6 Å². The van der Waals surface area contributed by atoms with E-state index < -0.39 is 0 Å². The highest BCUT2D eigenvalue weighted by molar-refractivity contribution is 5.76. The van der Waals surface area contributed by atoms with E-state index in [1.807, 2.05) is 19.1 Å². The van der Waals surface area contributed by atoms with Crippen LogP contribution in [0.15, 0.2) is 18.2 Å². The Bertz CT molecular complexity index is 716. The number of carbonyl (C=O) groups excluding carboxylic acids is 1. The van der Waals surface area contributed by atoms with Crippen molar-refractivity contribution in [3.63, 3.8) is 0 Å². The van der Waals surface area contributed by atoms with Crippen LogP contribution in [0.5, 0.6) is 0 Å². The summed E-state index contributed by atoms with van der Waals surface area (Å²) in [6.07, 6.45) is 6.28. The van der Waals surface area contributed by atoms with Gasteiger partial charge in [0.1, 0.15) is 5.82 Å². The van der Waals surface area contributed by atoms with E-state index in [2.05, 4.69) is 15.1 Å². The van der Waals surface area contributed by atoms with Gasteiger partial charge in [-0.25, -0.2) is 4.39 Å². The normalized spacial score (nSPS) is 22.9. The molecule has 0 atom stereocenters. The lowest BCUT2D eigenvalue weighted by molar-refractivity contribution is -0.122. The van der Waals surface area contributed by atoms with Crippen molar-refractivity contribution in [3.8, 4) is 6.07 Å². The fraction of sp³-hybridized carbons (Fsp3) is 0.652. The molecule has 6 heteroatoms. The molecular formula is C23H33FN4O. The van der Waals surface area contributed by atoms with E-state index in [1.165, 1.54) is 25.3 Å². The third-order valence-corrected chi connectivity index (χ3v) is 6.41. The summed E-state index contributed by atoms with van der Waals surface area (Å²) in [7, 11) is 0. The SMILES string of the molecule is Cc1ccc(F)cc1N1CCN(CC[C@H]2CC[C@H](NC(=O)CCC#N)CC2)CC1. The standard InChI is InChI=1S/C23H33FN4O/c1-18-4-7-20(24)17-22(18)28-15-13-27(14-16-28)12-10-19-5-8-21(9-6-19)26-23(29)3-2-11-25/h4,7,17,19,21H,2-3,5-6,8-10,12-16H2,1H3,(H,26,29)/t19-,21-. The van der Waals surface area contributed by atoms with Crippen LogP contribution >= 0.6 is 0 Å². The number of halogens is 1. The predicted octanol–water partition coefficient (Wildman–Crippen LogP) is 3.63. The second-order valence-electron chi connectivity index (χ2n) is 8.49. The molecule has 1 aliphatic carbocycles. The van der Waals surface area contributed by atoms with Gasteiger partial charge in [0.25, 0.3) is 0 Å². The van der Waals surface area contributed by atoms with Gasteiger partial charge in [0.05, 0.1) is 6.07 Å². The third kappa shape index (κ3) is 6.43. The van der Waals surface area contributed by atoms with Gasteiger partial charge in [0, 0.05) is 50.7 Å². The van der Waals surface area contributed by atoms with Gasteiger partial charge in [-0.3, -0.25) is 9.69 Å². The number of carbonyl (C=O) groups is 1. The van der Waals surface area contributed by atoms with E-state index in [0.29, 0.717) is 12.8 Å². The molecule has 3 rings (SSSR count). The fourth-order valence-electron chi connectivity index (χ4n) is 4.57. The quantitative estimate of drug-likeness (QED) is 0.759. The maximum Gasteiger partial charge on any atom is 0.221 e. The van der Waals surface area contributed by atoms with Crippen molar-refractivity contribution >= 4 is 11.6 Å². The Morgan fingerprint density at radius 2 is 1.93 bits per heavy atom. The Hall–Kier alpha value is -2.13. The number of nitrogens with zero attached hydrogens (tertiary/aromatic N) is 3. The molecule has 1 heterocycles. The number of piperazine rings is 1. The molecule has 0 bridgehead atoms. The monoisotopic (exact) mass is 400 g/mol. The average molecular weight is 401 g/mol. The summed E-state index contributed by atoms with van der Waals surface area (Å²) in [5.41, 5.74) is 2.16. The number of amides is 1. The summed E-state index contributed by atoms with van der Waals surface area (Å²) in [4.78, 5) is 16.6. The number of anilines is 1. The minimum Gasteiger partial charge on any atom is -0.369 e. The first-order chi connectivity index (χ1) is 14.0. The highest BCUT2D eigenvalue weighted by Crippen LogP contribution is 2.28. The first kappa shape index (κ1) is 21.6. The van der Waals surface area contributed by atoms with Crippen molar-refractivity contribution < 1.29 is 9.18 Å². The zero-order valence-electron chi connectivity index (χ0n) is 17.5. The van der Waals surface area contributed by atoms with Gasteiger partial charge in [0.2, 0.25) is 5.91 Å². The molecule has 0 spiro atoms. The minimum absolute atomic E-state index is 0.0152. The van der Waals surface area contributed by atoms with Crippen LogP contribution in [0, 0.1) is 30.0 Å². The smallest absolute Gasteiger partial charge is 0.221 e. The van der Waals surface area contributed by atoms with Crippen LogP contribution in [0.25, 0.3) is 0 Å². The van der Waals surface area contributed by atoms with Gasteiger partial charge < -0.3 is 10.2 Å². The maximum atomic E-state index is 13.6. The summed E-state index contributed by atoms with van der Waals surface area (Å²) in [6.45, 7) is 7.13. The number of hydrogen-bond acceptors (Lipinski definition) is 4. The molecule has 5 nitrogen and oxygen atoms in total.